The first-order chi connectivity index (χ1) is 11.2. The molecule has 1 aliphatic carbocycles. The van der Waals surface area contributed by atoms with Gasteiger partial charge in [0.1, 0.15) is 5.82 Å². The second-order valence-corrected chi connectivity index (χ2v) is 6.97. The molecule has 0 radical (unpaired) electrons. The summed E-state index contributed by atoms with van der Waals surface area (Å²) in [6.07, 6.45) is 8.65. The second-order valence-electron chi connectivity index (χ2n) is 6.27. The van der Waals surface area contributed by atoms with Crippen molar-refractivity contribution in [1.82, 2.24) is 19.7 Å². The zero-order valence-electron chi connectivity index (χ0n) is 12.8. The van der Waals surface area contributed by atoms with E-state index in [0.29, 0.717) is 6.04 Å². The summed E-state index contributed by atoms with van der Waals surface area (Å²) in [5.41, 5.74) is 0.732. The van der Waals surface area contributed by atoms with E-state index in [2.05, 4.69) is 33.0 Å². The smallest absolute Gasteiger partial charge is 0.226 e. The van der Waals surface area contributed by atoms with Gasteiger partial charge >= 0.3 is 0 Å². The van der Waals surface area contributed by atoms with Gasteiger partial charge in [-0.1, -0.05) is 12.8 Å². The predicted molar refractivity (Wildman–Crippen MR) is 93.2 cm³/mol. The van der Waals surface area contributed by atoms with Gasteiger partial charge in [0, 0.05) is 11.8 Å². The van der Waals surface area contributed by atoms with Crippen LogP contribution in [-0.4, -0.2) is 37.6 Å². The highest BCUT2D eigenvalue weighted by molar-refractivity contribution is 7.80. The van der Waals surface area contributed by atoms with Crippen molar-refractivity contribution in [3.05, 3.63) is 11.5 Å². The van der Waals surface area contributed by atoms with Crippen LogP contribution in [-0.2, 0) is 4.74 Å². The number of hydrogen-bond donors (Lipinski definition) is 2. The third kappa shape index (κ3) is 3.02. The van der Waals surface area contributed by atoms with Gasteiger partial charge in [0.15, 0.2) is 11.9 Å². The molecule has 4 rings (SSSR count). The van der Waals surface area contributed by atoms with Crippen molar-refractivity contribution in [2.45, 2.75) is 56.9 Å². The Bertz CT molecular complexity index is 702. The largest absolute Gasteiger partial charge is 0.367 e. The molecule has 1 N–H and O–H groups in total. The maximum Gasteiger partial charge on any atom is 0.226 e. The number of fused-ring (bicyclic) bond motifs is 1. The molecule has 2 unspecified atom stereocenters. The molecule has 124 valence electrons. The standard InChI is InChI=1S/C15H20ClN5OS/c16-15-19-13(18-9-3-1-2-4-9)11-7-17-21(14(11)20-15)12-6-5-10(8-23)22-12/h7,9-10,12,23H,1-6,8H2,(H,18,19,20). The molecule has 3 heterocycles. The molecule has 2 fully saturated rings. The molecule has 1 saturated carbocycles. The van der Waals surface area contributed by atoms with Crippen LogP contribution in [0.4, 0.5) is 5.82 Å². The lowest BCUT2D eigenvalue weighted by Gasteiger charge is -2.15. The van der Waals surface area contributed by atoms with Crippen LogP contribution in [0.15, 0.2) is 6.20 Å². The van der Waals surface area contributed by atoms with Crippen molar-refractivity contribution in [3.63, 3.8) is 0 Å². The van der Waals surface area contributed by atoms with E-state index in [9.17, 15) is 0 Å². The molecule has 1 aliphatic heterocycles. The van der Waals surface area contributed by atoms with E-state index >= 15 is 0 Å². The summed E-state index contributed by atoms with van der Waals surface area (Å²) in [7, 11) is 0. The van der Waals surface area contributed by atoms with Gasteiger partial charge in [0.05, 0.1) is 17.7 Å². The number of hydrogen-bond acceptors (Lipinski definition) is 6. The molecule has 2 aromatic heterocycles. The predicted octanol–water partition coefficient (Wildman–Crippen LogP) is 3.44. The Hall–Kier alpha value is -1.05. The maximum atomic E-state index is 6.14. The monoisotopic (exact) mass is 353 g/mol. The third-order valence-corrected chi connectivity index (χ3v) is 5.26. The lowest BCUT2D eigenvalue weighted by atomic mass is 10.2. The van der Waals surface area contributed by atoms with Crippen LogP contribution in [0.3, 0.4) is 0 Å². The van der Waals surface area contributed by atoms with Crippen LogP contribution < -0.4 is 5.32 Å². The molecule has 0 aromatic carbocycles. The lowest BCUT2D eigenvalue weighted by molar-refractivity contribution is 0.00799. The van der Waals surface area contributed by atoms with Crippen molar-refractivity contribution in [1.29, 1.82) is 0 Å². The van der Waals surface area contributed by atoms with Gasteiger partial charge in [-0.2, -0.15) is 27.7 Å². The number of nitrogens with zero attached hydrogens (tertiary/aromatic N) is 4. The Morgan fingerprint density at radius 3 is 2.83 bits per heavy atom. The van der Waals surface area contributed by atoms with Gasteiger partial charge in [-0.3, -0.25) is 0 Å². The van der Waals surface area contributed by atoms with E-state index in [0.717, 1.165) is 35.4 Å². The van der Waals surface area contributed by atoms with Gasteiger partial charge in [-0.05, 0) is 37.3 Å². The number of rotatable bonds is 4. The van der Waals surface area contributed by atoms with E-state index in [4.69, 9.17) is 16.3 Å². The zero-order valence-corrected chi connectivity index (χ0v) is 14.4. The normalized spacial score (nSPS) is 25.5. The minimum atomic E-state index is -0.102. The van der Waals surface area contributed by atoms with Gasteiger partial charge in [0.2, 0.25) is 5.28 Å². The van der Waals surface area contributed by atoms with Crippen LogP contribution in [0.5, 0.6) is 0 Å². The molecule has 0 amide bonds. The summed E-state index contributed by atoms with van der Waals surface area (Å²) in [6, 6.07) is 0.462. The molecule has 8 heteroatoms. The van der Waals surface area contributed by atoms with E-state index in [1.807, 2.05) is 4.68 Å². The highest BCUT2D eigenvalue weighted by Crippen LogP contribution is 2.33. The highest BCUT2D eigenvalue weighted by Gasteiger charge is 2.28. The topological polar surface area (TPSA) is 64.9 Å². The first kappa shape index (κ1) is 15.5. The summed E-state index contributed by atoms with van der Waals surface area (Å²) >= 11 is 10.5. The summed E-state index contributed by atoms with van der Waals surface area (Å²) in [4.78, 5) is 8.75. The molecule has 2 atom stereocenters. The highest BCUT2D eigenvalue weighted by atomic mass is 35.5. The van der Waals surface area contributed by atoms with E-state index in [-0.39, 0.29) is 17.6 Å². The van der Waals surface area contributed by atoms with Crippen LogP contribution in [0.2, 0.25) is 5.28 Å². The third-order valence-electron chi connectivity index (χ3n) is 4.68. The molecular weight excluding hydrogens is 334 g/mol. The zero-order chi connectivity index (χ0) is 15.8. The first-order valence-electron chi connectivity index (χ1n) is 8.18. The maximum absolute atomic E-state index is 6.14. The summed E-state index contributed by atoms with van der Waals surface area (Å²) in [5.74, 6) is 1.50. The van der Waals surface area contributed by atoms with Gasteiger partial charge in [-0.15, -0.1) is 0 Å². The molecule has 23 heavy (non-hydrogen) atoms. The number of ether oxygens (including phenoxy) is 1. The lowest BCUT2D eigenvalue weighted by Crippen LogP contribution is -2.16. The average molecular weight is 354 g/mol. The summed E-state index contributed by atoms with van der Waals surface area (Å²) < 4.78 is 7.80. The van der Waals surface area contributed by atoms with Crippen molar-refractivity contribution >= 4 is 41.1 Å². The fraction of sp³-hybridized carbons (Fsp3) is 0.667. The molecule has 6 nitrogen and oxygen atoms in total. The number of aromatic nitrogens is 4. The average Bonchev–Trinajstić information content (AvgIpc) is 3.26. The summed E-state index contributed by atoms with van der Waals surface area (Å²) in [5, 5.41) is 9.14. The summed E-state index contributed by atoms with van der Waals surface area (Å²) in [6.45, 7) is 0. The van der Waals surface area contributed by atoms with Crippen LogP contribution >= 0.6 is 24.2 Å². The van der Waals surface area contributed by atoms with Crippen LogP contribution in [0, 0.1) is 0 Å². The first-order valence-corrected chi connectivity index (χ1v) is 9.19. The molecular formula is C15H20ClN5OS. The van der Waals surface area contributed by atoms with Gasteiger partial charge < -0.3 is 10.1 Å². The van der Waals surface area contributed by atoms with Crippen molar-refractivity contribution in [2.75, 3.05) is 11.1 Å². The van der Waals surface area contributed by atoms with Gasteiger partial charge in [-0.25, -0.2) is 4.68 Å². The molecule has 2 aromatic rings. The van der Waals surface area contributed by atoms with Gasteiger partial charge in [0.25, 0.3) is 0 Å². The SMILES string of the molecule is SCC1CCC(n2ncc3c(NC4CCCC4)nc(Cl)nc32)O1. The van der Waals surface area contributed by atoms with Crippen LogP contribution in [0.1, 0.15) is 44.8 Å². The second kappa shape index (κ2) is 6.45. The molecule has 2 aliphatic rings. The quantitative estimate of drug-likeness (QED) is 0.651. The number of thiol groups is 1. The molecule has 0 spiro atoms. The number of anilines is 1. The van der Waals surface area contributed by atoms with E-state index in [1.54, 1.807) is 6.20 Å². The fourth-order valence-electron chi connectivity index (χ4n) is 3.48. The minimum absolute atomic E-state index is 0.102. The minimum Gasteiger partial charge on any atom is -0.367 e. The number of halogens is 1. The Morgan fingerprint density at radius 1 is 1.26 bits per heavy atom. The van der Waals surface area contributed by atoms with Crippen molar-refractivity contribution < 1.29 is 4.74 Å². The van der Waals surface area contributed by atoms with E-state index in [1.165, 1.54) is 25.7 Å². The van der Waals surface area contributed by atoms with Crippen molar-refractivity contribution in [3.8, 4) is 0 Å². The van der Waals surface area contributed by atoms with Crippen molar-refractivity contribution in [2.24, 2.45) is 0 Å². The Labute approximate surface area is 145 Å². The Morgan fingerprint density at radius 2 is 2.09 bits per heavy atom. The number of nitrogens with one attached hydrogen (secondary N) is 1. The Balaban J connectivity index is 1.67. The fourth-order valence-corrected chi connectivity index (χ4v) is 3.92. The molecule has 1 saturated heterocycles. The Kier molecular flexibility index (Phi) is 4.34. The van der Waals surface area contributed by atoms with Crippen LogP contribution in [0.25, 0.3) is 11.0 Å². The van der Waals surface area contributed by atoms with E-state index < -0.39 is 0 Å². The molecule has 0 bridgehead atoms.